The summed E-state index contributed by atoms with van der Waals surface area (Å²) in [5, 5.41) is 12.8. The van der Waals surface area contributed by atoms with Crippen LogP contribution in [0.5, 0.6) is 0 Å². The Morgan fingerprint density at radius 1 is 1.64 bits per heavy atom. The van der Waals surface area contributed by atoms with E-state index in [1.54, 1.807) is 0 Å². The van der Waals surface area contributed by atoms with Gasteiger partial charge in [0, 0.05) is 13.6 Å². The van der Waals surface area contributed by atoms with Gasteiger partial charge in [0.1, 0.15) is 0 Å². The molecule has 1 aromatic rings. The number of hydrogen-bond acceptors (Lipinski definition) is 3. The summed E-state index contributed by atoms with van der Waals surface area (Å²) in [4.78, 5) is 1.95. The van der Waals surface area contributed by atoms with Crippen LogP contribution < -0.4 is 0 Å². The summed E-state index contributed by atoms with van der Waals surface area (Å²) >= 11 is 3.49. The Morgan fingerprint density at radius 2 is 2.29 bits per heavy atom. The lowest BCUT2D eigenvalue weighted by atomic mass is 10.3. The number of nitriles is 1. The Morgan fingerprint density at radius 3 is 2.71 bits per heavy atom. The molecule has 0 fully saturated rings. The van der Waals surface area contributed by atoms with Crippen LogP contribution in [0.2, 0.25) is 0 Å². The molecule has 0 radical (unpaired) electrons. The van der Waals surface area contributed by atoms with Crippen LogP contribution in [0.15, 0.2) is 4.47 Å². The minimum atomic E-state index is 0.427. The molecule has 0 bridgehead atoms. The third kappa shape index (κ3) is 2.34. The maximum absolute atomic E-state index is 8.53. The Bertz CT molecular complexity index is 364. The summed E-state index contributed by atoms with van der Waals surface area (Å²) in [6.45, 7) is 3.11. The summed E-state index contributed by atoms with van der Waals surface area (Å²) in [7, 11) is 3.82. The first-order valence-electron chi connectivity index (χ1n) is 4.29. The van der Waals surface area contributed by atoms with Gasteiger partial charge in [-0.15, -0.1) is 0 Å². The Labute approximate surface area is 92.2 Å². The highest BCUT2D eigenvalue weighted by Crippen LogP contribution is 2.20. The van der Waals surface area contributed by atoms with Crippen LogP contribution in [0.4, 0.5) is 0 Å². The lowest BCUT2D eigenvalue weighted by Crippen LogP contribution is -2.19. The molecule has 1 aromatic heterocycles. The van der Waals surface area contributed by atoms with Crippen LogP contribution in [0, 0.1) is 18.3 Å². The largest absolute Gasteiger partial charge is 0.288 e. The zero-order valence-corrected chi connectivity index (χ0v) is 10.2. The topological polar surface area (TPSA) is 44.9 Å². The van der Waals surface area contributed by atoms with E-state index >= 15 is 0 Å². The standard InChI is InChI=1S/C9H13BrN4/c1-7-9(10)8(14(3)12-7)6-13(2)5-4-11/h5-6H2,1-3H3. The molecule has 0 aromatic carbocycles. The third-order valence-electron chi connectivity index (χ3n) is 2.02. The van der Waals surface area contributed by atoms with E-state index in [9.17, 15) is 0 Å². The molecule has 0 spiro atoms. The van der Waals surface area contributed by atoms with Crippen molar-refractivity contribution in [1.82, 2.24) is 14.7 Å². The Kier molecular flexibility index (Phi) is 3.67. The van der Waals surface area contributed by atoms with Crippen molar-refractivity contribution in [3.63, 3.8) is 0 Å². The zero-order valence-electron chi connectivity index (χ0n) is 8.58. The van der Waals surface area contributed by atoms with Gasteiger partial charge >= 0.3 is 0 Å². The molecule has 0 aliphatic rings. The predicted octanol–water partition coefficient (Wildman–Crippen LogP) is 1.45. The van der Waals surface area contributed by atoms with Crippen molar-refractivity contribution in [3.8, 4) is 6.07 Å². The average molecular weight is 257 g/mol. The van der Waals surface area contributed by atoms with Crippen molar-refractivity contribution in [3.05, 3.63) is 15.9 Å². The van der Waals surface area contributed by atoms with E-state index in [2.05, 4.69) is 27.1 Å². The van der Waals surface area contributed by atoms with Gasteiger partial charge < -0.3 is 0 Å². The molecule has 0 N–H and O–H groups in total. The second kappa shape index (κ2) is 4.58. The monoisotopic (exact) mass is 256 g/mol. The minimum absolute atomic E-state index is 0.427. The molecular formula is C9H13BrN4. The van der Waals surface area contributed by atoms with Gasteiger partial charge in [0.05, 0.1) is 28.5 Å². The van der Waals surface area contributed by atoms with E-state index < -0.39 is 0 Å². The second-order valence-corrected chi connectivity index (χ2v) is 4.09. The van der Waals surface area contributed by atoms with Gasteiger partial charge in [0.25, 0.3) is 0 Å². The molecule has 0 saturated heterocycles. The molecule has 0 aliphatic heterocycles. The van der Waals surface area contributed by atoms with Crippen molar-refractivity contribution in [1.29, 1.82) is 5.26 Å². The molecular weight excluding hydrogens is 244 g/mol. The van der Waals surface area contributed by atoms with Crippen molar-refractivity contribution in [2.24, 2.45) is 7.05 Å². The zero-order chi connectivity index (χ0) is 10.7. The molecule has 0 amide bonds. The molecule has 0 unspecified atom stereocenters. The lowest BCUT2D eigenvalue weighted by molar-refractivity contribution is 0.354. The Hall–Kier alpha value is -0.860. The van der Waals surface area contributed by atoms with E-state index in [-0.39, 0.29) is 0 Å². The average Bonchev–Trinajstić information content (AvgIpc) is 2.33. The number of aryl methyl sites for hydroxylation is 2. The van der Waals surface area contributed by atoms with Gasteiger partial charge in [-0.25, -0.2) is 0 Å². The summed E-state index contributed by atoms with van der Waals surface area (Å²) in [6.07, 6.45) is 0. The highest BCUT2D eigenvalue weighted by Gasteiger charge is 2.11. The van der Waals surface area contributed by atoms with Crippen LogP contribution in [0.1, 0.15) is 11.4 Å². The fourth-order valence-electron chi connectivity index (χ4n) is 1.28. The van der Waals surface area contributed by atoms with Crippen LogP contribution in [0.25, 0.3) is 0 Å². The molecule has 14 heavy (non-hydrogen) atoms. The molecule has 76 valence electrons. The predicted molar refractivity (Wildman–Crippen MR) is 57.6 cm³/mol. The van der Waals surface area contributed by atoms with Gasteiger partial charge in [-0.05, 0) is 29.9 Å². The summed E-state index contributed by atoms with van der Waals surface area (Å²) in [5.74, 6) is 0. The summed E-state index contributed by atoms with van der Waals surface area (Å²) in [5.41, 5.74) is 2.08. The van der Waals surface area contributed by atoms with Crippen LogP contribution in [0.3, 0.4) is 0 Å². The molecule has 4 nitrogen and oxygen atoms in total. The molecule has 0 atom stereocenters. The quantitative estimate of drug-likeness (QED) is 0.770. The van der Waals surface area contributed by atoms with E-state index in [0.717, 1.165) is 22.4 Å². The van der Waals surface area contributed by atoms with E-state index in [0.29, 0.717) is 6.54 Å². The highest BCUT2D eigenvalue weighted by molar-refractivity contribution is 9.10. The first-order chi connectivity index (χ1) is 6.56. The van der Waals surface area contributed by atoms with Crippen LogP contribution in [-0.2, 0) is 13.6 Å². The van der Waals surface area contributed by atoms with Crippen molar-refractivity contribution in [2.75, 3.05) is 13.6 Å². The molecule has 5 heteroatoms. The number of rotatable bonds is 3. The van der Waals surface area contributed by atoms with Crippen molar-refractivity contribution >= 4 is 15.9 Å². The van der Waals surface area contributed by atoms with Gasteiger partial charge in [-0.3, -0.25) is 9.58 Å². The maximum Gasteiger partial charge on any atom is 0.0866 e. The number of nitrogens with zero attached hydrogens (tertiary/aromatic N) is 4. The van der Waals surface area contributed by atoms with E-state index in [1.807, 2.05) is 30.6 Å². The van der Waals surface area contributed by atoms with Gasteiger partial charge in [-0.2, -0.15) is 10.4 Å². The Balaban J connectivity index is 2.81. The van der Waals surface area contributed by atoms with Gasteiger partial charge in [0.2, 0.25) is 0 Å². The normalized spacial score (nSPS) is 10.6. The lowest BCUT2D eigenvalue weighted by Gasteiger charge is -2.12. The SMILES string of the molecule is Cc1nn(C)c(CN(C)CC#N)c1Br. The van der Waals surface area contributed by atoms with Crippen LogP contribution in [-0.4, -0.2) is 28.3 Å². The van der Waals surface area contributed by atoms with Crippen molar-refractivity contribution in [2.45, 2.75) is 13.5 Å². The molecule has 0 saturated carbocycles. The van der Waals surface area contributed by atoms with Gasteiger partial charge in [-0.1, -0.05) is 0 Å². The first-order valence-corrected chi connectivity index (χ1v) is 5.09. The fourth-order valence-corrected chi connectivity index (χ4v) is 1.75. The number of halogens is 1. The number of aromatic nitrogens is 2. The minimum Gasteiger partial charge on any atom is -0.288 e. The summed E-state index contributed by atoms with van der Waals surface area (Å²) < 4.78 is 2.87. The van der Waals surface area contributed by atoms with Gasteiger partial charge in [0.15, 0.2) is 0 Å². The fraction of sp³-hybridized carbons (Fsp3) is 0.556. The summed E-state index contributed by atoms with van der Waals surface area (Å²) in [6, 6.07) is 2.11. The highest BCUT2D eigenvalue weighted by atomic mass is 79.9. The third-order valence-corrected chi connectivity index (χ3v) is 3.05. The smallest absolute Gasteiger partial charge is 0.0866 e. The van der Waals surface area contributed by atoms with Crippen molar-refractivity contribution < 1.29 is 0 Å². The second-order valence-electron chi connectivity index (χ2n) is 3.30. The first kappa shape index (κ1) is 11.2. The van der Waals surface area contributed by atoms with E-state index in [1.165, 1.54) is 0 Å². The van der Waals surface area contributed by atoms with Crippen LogP contribution >= 0.6 is 15.9 Å². The number of hydrogen-bond donors (Lipinski definition) is 0. The maximum atomic E-state index is 8.53. The molecule has 1 rings (SSSR count). The molecule has 0 aliphatic carbocycles. The van der Waals surface area contributed by atoms with E-state index in [4.69, 9.17) is 5.26 Å². The molecule has 1 heterocycles.